The van der Waals surface area contributed by atoms with Gasteiger partial charge in [-0.15, -0.1) is 0 Å². The van der Waals surface area contributed by atoms with Crippen LogP contribution in [0.4, 0.5) is 4.79 Å². The fraction of sp³-hybridized carbons (Fsp3) is 0.875. The van der Waals surface area contributed by atoms with Gasteiger partial charge in [0.1, 0.15) is 0 Å². The van der Waals surface area contributed by atoms with E-state index in [-0.39, 0.29) is 5.41 Å². The number of aliphatic hydroxyl groups is 1. The number of nitrogens with zero attached hydrogens (tertiary/aromatic N) is 1. The fourth-order valence-electron chi connectivity index (χ4n) is 1.94. The first-order valence-corrected chi connectivity index (χ1v) is 4.30. The summed E-state index contributed by atoms with van der Waals surface area (Å²) >= 11 is 0. The van der Waals surface area contributed by atoms with E-state index in [1.165, 1.54) is 4.90 Å². The van der Waals surface area contributed by atoms with E-state index >= 15 is 0 Å². The zero-order valence-corrected chi connectivity index (χ0v) is 6.86. The lowest BCUT2D eigenvalue weighted by Gasteiger charge is -2.34. The molecule has 2 aliphatic rings. The maximum atomic E-state index is 10.5. The average Bonchev–Trinajstić information content (AvgIpc) is 2.76. The summed E-state index contributed by atoms with van der Waals surface area (Å²) < 4.78 is 0. The van der Waals surface area contributed by atoms with Crippen molar-refractivity contribution in [2.75, 3.05) is 13.1 Å². The molecule has 0 unspecified atom stereocenters. The second-order valence-electron chi connectivity index (χ2n) is 3.86. The second-order valence-corrected chi connectivity index (χ2v) is 3.86. The minimum Gasteiger partial charge on any atom is -0.465 e. The Morgan fingerprint density at radius 1 is 1.42 bits per heavy atom. The van der Waals surface area contributed by atoms with Crippen molar-refractivity contribution >= 4 is 6.09 Å². The molecular weight excluding hydrogens is 158 g/mol. The summed E-state index contributed by atoms with van der Waals surface area (Å²) in [6.07, 6.45) is 1.64. The minimum atomic E-state index is -0.912. The SMILES string of the molecule is O=C(O)N1CCC2(CC2)[C@H](O)C1. The minimum absolute atomic E-state index is 0.103. The molecule has 1 aliphatic heterocycles. The standard InChI is InChI=1S/C8H13NO3/c10-6-5-9(7(11)12)4-3-8(6)1-2-8/h6,10H,1-5H2,(H,11,12)/t6-/m1/s1. The van der Waals surface area contributed by atoms with Gasteiger partial charge in [0.15, 0.2) is 0 Å². The molecule has 0 aromatic heterocycles. The van der Waals surface area contributed by atoms with Crippen LogP contribution in [-0.2, 0) is 0 Å². The quantitative estimate of drug-likeness (QED) is 0.558. The Kier molecular flexibility index (Phi) is 1.54. The van der Waals surface area contributed by atoms with E-state index in [1.54, 1.807) is 0 Å². The molecule has 4 heteroatoms. The number of hydrogen-bond acceptors (Lipinski definition) is 2. The third-order valence-corrected chi connectivity index (χ3v) is 3.14. The Morgan fingerprint density at radius 2 is 2.08 bits per heavy atom. The number of piperidine rings is 1. The fourth-order valence-corrected chi connectivity index (χ4v) is 1.94. The first kappa shape index (κ1) is 7.86. The predicted molar refractivity (Wildman–Crippen MR) is 41.9 cm³/mol. The Labute approximate surface area is 70.8 Å². The molecular formula is C8H13NO3. The summed E-state index contributed by atoms with van der Waals surface area (Å²) in [6.45, 7) is 0.891. The molecule has 1 amide bonds. The number of rotatable bonds is 0. The van der Waals surface area contributed by atoms with Gasteiger partial charge in [-0.25, -0.2) is 4.79 Å². The van der Waals surface area contributed by atoms with E-state index in [2.05, 4.69) is 0 Å². The van der Waals surface area contributed by atoms with Crippen molar-refractivity contribution in [2.24, 2.45) is 5.41 Å². The zero-order valence-electron chi connectivity index (χ0n) is 6.86. The molecule has 1 heterocycles. The molecule has 1 aliphatic carbocycles. The highest BCUT2D eigenvalue weighted by Crippen LogP contribution is 2.53. The Morgan fingerprint density at radius 3 is 2.50 bits per heavy atom. The van der Waals surface area contributed by atoms with Crippen molar-refractivity contribution in [3.8, 4) is 0 Å². The third kappa shape index (κ3) is 1.06. The topological polar surface area (TPSA) is 60.8 Å². The lowest BCUT2D eigenvalue weighted by atomic mass is 9.91. The molecule has 0 aromatic rings. The highest BCUT2D eigenvalue weighted by atomic mass is 16.4. The van der Waals surface area contributed by atoms with Gasteiger partial charge in [0.25, 0.3) is 0 Å². The van der Waals surface area contributed by atoms with Crippen molar-refractivity contribution < 1.29 is 15.0 Å². The van der Waals surface area contributed by atoms with Crippen LogP contribution in [0.5, 0.6) is 0 Å². The first-order valence-electron chi connectivity index (χ1n) is 4.30. The molecule has 2 N–H and O–H groups in total. The van der Waals surface area contributed by atoms with Gasteiger partial charge in [-0.2, -0.15) is 0 Å². The van der Waals surface area contributed by atoms with Gasteiger partial charge in [-0.05, 0) is 24.7 Å². The maximum absolute atomic E-state index is 10.5. The van der Waals surface area contributed by atoms with Gasteiger partial charge < -0.3 is 15.1 Å². The van der Waals surface area contributed by atoms with Crippen molar-refractivity contribution in [3.05, 3.63) is 0 Å². The molecule has 12 heavy (non-hydrogen) atoms. The number of β-amino-alcohol motifs (C(OH)–C–C–N with tert-alkyl or cyclic N) is 1. The third-order valence-electron chi connectivity index (χ3n) is 3.14. The van der Waals surface area contributed by atoms with Crippen LogP contribution in [0.2, 0.25) is 0 Å². The van der Waals surface area contributed by atoms with Gasteiger partial charge in [0.05, 0.1) is 12.6 Å². The van der Waals surface area contributed by atoms with E-state index in [0.717, 1.165) is 19.3 Å². The van der Waals surface area contributed by atoms with Gasteiger partial charge in [0.2, 0.25) is 0 Å². The zero-order chi connectivity index (χ0) is 8.77. The van der Waals surface area contributed by atoms with Crippen molar-refractivity contribution in [2.45, 2.75) is 25.4 Å². The largest absolute Gasteiger partial charge is 0.465 e. The van der Waals surface area contributed by atoms with Gasteiger partial charge in [0, 0.05) is 6.54 Å². The van der Waals surface area contributed by atoms with E-state index < -0.39 is 12.2 Å². The van der Waals surface area contributed by atoms with Crippen LogP contribution >= 0.6 is 0 Å². The maximum Gasteiger partial charge on any atom is 0.407 e. The lowest BCUT2D eigenvalue weighted by Crippen LogP contribution is -2.47. The average molecular weight is 171 g/mol. The molecule has 0 aromatic carbocycles. The van der Waals surface area contributed by atoms with Gasteiger partial charge in [-0.3, -0.25) is 0 Å². The number of hydrogen-bond donors (Lipinski definition) is 2. The van der Waals surface area contributed by atoms with Crippen LogP contribution in [0.1, 0.15) is 19.3 Å². The van der Waals surface area contributed by atoms with Crippen molar-refractivity contribution in [1.82, 2.24) is 4.90 Å². The van der Waals surface area contributed by atoms with Crippen LogP contribution in [-0.4, -0.2) is 40.4 Å². The van der Waals surface area contributed by atoms with Crippen LogP contribution in [0, 0.1) is 5.41 Å². The Hall–Kier alpha value is -0.770. The number of amides is 1. The summed E-state index contributed by atoms with van der Waals surface area (Å²) in [5.41, 5.74) is 0.103. The molecule has 1 saturated heterocycles. The highest BCUT2D eigenvalue weighted by Gasteiger charge is 2.51. The Balaban J connectivity index is 1.99. The van der Waals surface area contributed by atoms with E-state index in [9.17, 15) is 9.90 Å². The van der Waals surface area contributed by atoms with Crippen LogP contribution in [0.25, 0.3) is 0 Å². The molecule has 2 fully saturated rings. The molecule has 1 spiro atoms. The molecule has 4 nitrogen and oxygen atoms in total. The van der Waals surface area contributed by atoms with Gasteiger partial charge in [-0.1, -0.05) is 0 Å². The van der Waals surface area contributed by atoms with Crippen molar-refractivity contribution in [1.29, 1.82) is 0 Å². The molecule has 0 bridgehead atoms. The number of aliphatic hydroxyl groups excluding tert-OH is 1. The van der Waals surface area contributed by atoms with E-state index in [0.29, 0.717) is 13.1 Å². The molecule has 68 valence electrons. The first-order chi connectivity index (χ1) is 5.64. The van der Waals surface area contributed by atoms with E-state index in [4.69, 9.17) is 5.11 Å². The normalized spacial score (nSPS) is 32.1. The number of carbonyl (C=O) groups is 1. The lowest BCUT2D eigenvalue weighted by molar-refractivity contribution is 0.0128. The monoisotopic (exact) mass is 171 g/mol. The molecule has 2 rings (SSSR count). The summed E-state index contributed by atoms with van der Waals surface area (Å²) in [4.78, 5) is 11.8. The van der Waals surface area contributed by atoms with Crippen LogP contribution in [0.3, 0.4) is 0 Å². The highest BCUT2D eigenvalue weighted by molar-refractivity contribution is 5.65. The summed E-state index contributed by atoms with van der Waals surface area (Å²) in [7, 11) is 0. The second kappa shape index (κ2) is 2.36. The summed E-state index contributed by atoms with van der Waals surface area (Å²) in [6, 6.07) is 0. The molecule has 1 saturated carbocycles. The molecule has 1 atom stereocenters. The van der Waals surface area contributed by atoms with Crippen LogP contribution < -0.4 is 0 Å². The summed E-state index contributed by atoms with van der Waals surface area (Å²) in [5.74, 6) is 0. The summed E-state index contributed by atoms with van der Waals surface area (Å²) in [5, 5.41) is 18.3. The number of likely N-dealkylation sites (tertiary alicyclic amines) is 1. The molecule has 0 radical (unpaired) electrons. The van der Waals surface area contributed by atoms with Crippen molar-refractivity contribution in [3.63, 3.8) is 0 Å². The van der Waals surface area contributed by atoms with Gasteiger partial charge >= 0.3 is 6.09 Å². The number of carboxylic acid groups (broad SMARTS) is 1. The smallest absolute Gasteiger partial charge is 0.407 e. The van der Waals surface area contributed by atoms with E-state index in [1.807, 2.05) is 0 Å². The predicted octanol–water partition coefficient (Wildman–Crippen LogP) is 0.511. The Bertz CT molecular complexity index is 212. The van der Waals surface area contributed by atoms with Crippen LogP contribution in [0.15, 0.2) is 0 Å².